The lowest BCUT2D eigenvalue weighted by Crippen LogP contribution is -2.28. The maximum atomic E-state index is 11.4. The van der Waals surface area contributed by atoms with Gasteiger partial charge in [0.1, 0.15) is 5.75 Å². The Hall–Kier alpha value is -3.37. The second kappa shape index (κ2) is 8.40. The number of ether oxygens (including phenoxy) is 1. The van der Waals surface area contributed by atoms with E-state index < -0.39 is 0 Å². The summed E-state index contributed by atoms with van der Waals surface area (Å²) in [7, 11) is 1.73. The van der Waals surface area contributed by atoms with Crippen molar-refractivity contribution in [3.05, 3.63) is 78.4 Å². The number of nitrogens with zero attached hydrogens (tertiary/aromatic N) is 2. The Morgan fingerprint density at radius 2 is 1.74 bits per heavy atom. The minimum absolute atomic E-state index is 0.265. The van der Waals surface area contributed by atoms with Gasteiger partial charge in [0, 0.05) is 24.8 Å². The van der Waals surface area contributed by atoms with E-state index in [-0.39, 0.29) is 5.75 Å². The van der Waals surface area contributed by atoms with Gasteiger partial charge in [-0.2, -0.15) is 5.10 Å². The molecule has 1 atom stereocenters. The second-order valence-electron chi connectivity index (χ2n) is 8.10. The van der Waals surface area contributed by atoms with Crippen molar-refractivity contribution in [3.8, 4) is 16.9 Å². The van der Waals surface area contributed by atoms with E-state index in [2.05, 4.69) is 41.4 Å². The zero-order chi connectivity index (χ0) is 21.2. The Morgan fingerprint density at radius 1 is 1.00 bits per heavy atom. The molecule has 0 bridgehead atoms. The summed E-state index contributed by atoms with van der Waals surface area (Å²) in [5, 5.41) is 22.6. The van der Waals surface area contributed by atoms with E-state index in [0.717, 1.165) is 57.6 Å². The predicted octanol–water partition coefficient (Wildman–Crippen LogP) is 5.81. The van der Waals surface area contributed by atoms with Crippen LogP contribution in [0.4, 0.5) is 0 Å². The smallest absolute Gasteiger partial charge is 0.132 e. The number of phenols is 1. The zero-order valence-electron chi connectivity index (χ0n) is 17.7. The molecular formula is C27H26N2O2. The molecule has 0 saturated carbocycles. The van der Waals surface area contributed by atoms with Crippen LogP contribution in [0, 0.1) is 0 Å². The van der Waals surface area contributed by atoms with Gasteiger partial charge in [-0.05, 0) is 46.0 Å². The summed E-state index contributed by atoms with van der Waals surface area (Å²) in [6.45, 7) is 1.58. The van der Waals surface area contributed by atoms with E-state index in [0.29, 0.717) is 12.6 Å². The maximum Gasteiger partial charge on any atom is 0.132 e. The van der Waals surface area contributed by atoms with Crippen molar-refractivity contribution in [1.29, 1.82) is 0 Å². The fourth-order valence-electron chi connectivity index (χ4n) is 4.64. The van der Waals surface area contributed by atoms with Gasteiger partial charge in [0.05, 0.1) is 18.9 Å². The van der Waals surface area contributed by atoms with Gasteiger partial charge in [0.25, 0.3) is 0 Å². The molecule has 0 unspecified atom stereocenters. The third-order valence-corrected chi connectivity index (χ3v) is 6.16. The molecule has 1 aliphatic rings. The lowest BCUT2D eigenvalue weighted by molar-refractivity contribution is 0.118. The second-order valence-corrected chi connectivity index (χ2v) is 8.10. The minimum Gasteiger partial charge on any atom is -0.507 e. The van der Waals surface area contributed by atoms with E-state index >= 15 is 0 Å². The predicted molar refractivity (Wildman–Crippen MR) is 128 cm³/mol. The molecule has 1 heterocycles. The molecule has 4 aromatic rings. The SMILES string of the molecule is COC[C@H]1CCCN1/N=C/c1cc2ccccc2c(-c2cccc3ccccc23)c1O. The topological polar surface area (TPSA) is 45.1 Å². The van der Waals surface area contributed by atoms with Crippen LogP contribution >= 0.6 is 0 Å². The van der Waals surface area contributed by atoms with Crippen molar-refractivity contribution < 1.29 is 9.84 Å². The molecule has 0 aromatic heterocycles. The quantitative estimate of drug-likeness (QED) is 0.422. The highest BCUT2D eigenvalue weighted by atomic mass is 16.5. The highest BCUT2D eigenvalue weighted by Gasteiger charge is 2.23. The van der Waals surface area contributed by atoms with Gasteiger partial charge >= 0.3 is 0 Å². The number of aromatic hydroxyl groups is 1. The van der Waals surface area contributed by atoms with Crippen LogP contribution in [-0.2, 0) is 4.74 Å². The molecule has 4 heteroatoms. The van der Waals surface area contributed by atoms with Gasteiger partial charge in [0.15, 0.2) is 0 Å². The molecule has 0 radical (unpaired) electrons. The molecule has 1 saturated heterocycles. The Morgan fingerprint density at radius 3 is 2.58 bits per heavy atom. The van der Waals surface area contributed by atoms with Crippen LogP contribution in [-0.4, -0.2) is 42.6 Å². The lowest BCUT2D eigenvalue weighted by Gasteiger charge is -2.20. The number of hydrogen-bond donors (Lipinski definition) is 1. The first-order chi connectivity index (χ1) is 15.3. The van der Waals surface area contributed by atoms with E-state index in [1.807, 2.05) is 36.4 Å². The van der Waals surface area contributed by atoms with Gasteiger partial charge in [-0.1, -0.05) is 66.7 Å². The van der Waals surface area contributed by atoms with E-state index in [1.165, 1.54) is 0 Å². The van der Waals surface area contributed by atoms with Gasteiger partial charge in [-0.3, -0.25) is 5.01 Å². The third-order valence-electron chi connectivity index (χ3n) is 6.16. The molecule has 5 rings (SSSR count). The summed E-state index contributed by atoms with van der Waals surface area (Å²) >= 11 is 0. The van der Waals surface area contributed by atoms with Crippen LogP contribution < -0.4 is 0 Å². The number of fused-ring (bicyclic) bond motifs is 2. The van der Waals surface area contributed by atoms with Crippen LogP contribution in [0.25, 0.3) is 32.7 Å². The van der Waals surface area contributed by atoms with Crippen LogP contribution in [0.3, 0.4) is 0 Å². The molecule has 1 aliphatic heterocycles. The minimum atomic E-state index is 0.265. The summed E-state index contributed by atoms with van der Waals surface area (Å²) < 4.78 is 5.34. The van der Waals surface area contributed by atoms with Crippen molar-refractivity contribution in [1.82, 2.24) is 5.01 Å². The van der Waals surface area contributed by atoms with E-state index in [1.54, 1.807) is 13.3 Å². The molecule has 31 heavy (non-hydrogen) atoms. The Kier molecular flexibility index (Phi) is 5.31. The molecule has 4 aromatic carbocycles. The summed E-state index contributed by atoms with van der Waals surface area (Å²) in [5.74, 6) is 0.265. The van der Waals surface area contributed by atoms with Crippen molar-refractivity contribution in [3.63, 3.8) is 0 Å². The standard InChI is InChI=1S/C27H26N2O2/c1-31-18-22-11-7-15-29(22)28-17-21-16-20-9-3-5-13-24(20)26(27(21)30)25-14-6-10-19-8-2-4-12-23(19)25/h2-6,8-10,12-14,16-17,22,30H,7,11,15,18H2,1H3/b28-17+/t22-/m1/s1. The molecule has 1 fully saturated rings. The molecule has 156 valence electrons. The number of benzene rings is 4. The van der Waals surface area contributed by atoms with Gasteiger partial charge in [-0.25, -0.2) is 0 Å². The van der Waals surface area contributed by atoms with Crippen molar-refractivity contribution >= 4 is 27.8 Å². The third kappa shape index (κ3) is 3.64. The molecular weight excluding hydrogens is 384 g/mol. The number of phenolic OH excluding ortho intramolecular Hbond substituents is 1. The molecule has 0 amide bonds. The summed E-state index contributed by atoms with van der Waals surface area (Å²) in [6.07, 6.45) is 3.98. The first kappa shape index (κ1) is 19.6. The van der Waals surface area contributed by atoms with Crippen LogP contribution in [0.5, 0.6) is 5.75 Å². The van der Waals surface area contributed by atoms with Crippen LogP contribution in [0.1, 0.15) is 18.4 Å². The average Bonchev–Trinajstić information content (AvgIpc) is 3.25. The summed E-state index contributed by atoms with van der Waals surface area (Å²) in [6, 6.07) is 25.0. The van der Waals surface area contributed by atoms with Crippen LogP contribution in [0.2, 0.25) is 0 Å². The normalized spacial score (nSPS) is 16.7. The Balaban J connectivity index is 1.67. The number of hydrazone groups is 1. The van der Waals surface area contributed by atoms with E-state index in [4.69, 9.17) is 9.84 Å². The van der Waals surface area contributed by atoms with Gasteiger partial charge < -0.3 is 9.84 Å². The van der Waals surface area contributed by atoms with Gasteiger partial charge in [-0.15, -0.1) is 0 Å². The largest absolute Gasteiger partial charge is 0.507 e. The highest BCUT2D eigenvalue weighted by Crippen LogP contribution is 2.41. The fraction of sp³-hybridized carbons (Fsp3) is 0.222. The number of hydrogen-bond acceptors (Lipinski definition) is 4. The highest BCUT2D eigenvalue weighted by molar-refractivity contribution is 6.10. The first-order valence-electron chi connectivity index (χ1n) is 10.8. The Bertz CT molecular complexity index is 1260. The molecule has 0 aliphatic carbocycles. The van der Waals surface area contributed by atoms with Crippen molar-refractivity contribution in [2.75, 3.05) is 20.3 Å². The number of methoxy groups -OCH3 is 1. The first-order valence-corrected chi connectivity index (χ1v) is 10.8. The average molecular weight is 411 g/mol. The molecule has 4 nitrogen and oxygen atoms in total. The van der Waals surface area contributed by atoms with E-state index in [9.17, 15) is 5.11 Å². The van der Waals surface area contributed by atoms with Crippen molar-refractivity contribution in [2.24, 2.45) is 5.10 Å². The summed E-state index contributed by atoms with van der Waals surface area (Å²) in [4.78, 5) is 0. The molecule has 0 spiro atoms. The van der Waals surface area contributed by atoms with Gasteiger partial charge in [0.2, 0.25) is 0 Å². The lowest BCUT2D eigenvalue weighted by atomic mass is 9.91. The Labute approximate surface area is 182 Å². The molecule has 1 N–H and O–H groups in total. The monoisotopic (exact) mass is 410 g/mol. The van der Waals surface area contributed by atoms with Crippen LogP contribution in [0.15, 0.2) is 77.9 Å². The number of rotatable bonds is 5. The fourth-order valence-corrected chi connectivity index (χ4v) is 4.64. The summed E-state index contributed by atoms with van der Waals surface area (Å²) in [5.41, 5.74) is 2.61. The zero-order valence-corrected chi connectivity index (χ0v) is 17.7. The maximum absolute atomic E-state index is 11.4. The van der Waals surface area contributed by atoms with Crippen molar-refractivity contribution in [2.45, 2.75) is 18.9 Å².